The molecule has 656 valence electrons. The first-order valence-electron chi connectivity index (χ1n) is 41.0. The number of benzene rings is 4. The minimum Gasteiger partial charge on any atom is -0.492 e. The number of ether oxygens (including phenoxy) is 2. The quantitative estimate of drug-likeness (QED) is 0.0498. The first-order valence-corrected chi connectivity index (χ1v) is 49.9. The van der Waals surface area contributed by atoms with Crippen LogP contribution in [0.2, 0.25) is 71.5 Å². The van der Waals surface area contributed by atoms with Gasteiger partial charge in [0.1, 0.15) is 11.5 Å². The van der Waals surface area contributed by atoms with Gasteiger partial charge in [0.2, 0.25) is 0 Å². The molecule has 25 heteroatoms. The number of halogens is 6. The molecule has 0 saturated carbocycles. The van der Waals surface area contributed by atoms with Gasteiger partial charge in [0.15, 0.2) is 29.0 Å². The molecule has 7 rings (SSSR count). The van der Waals surface area contributed by atoms with Crippen molar-refractivity contribution >= 4 is 112 Å². The normalized spacial score (nSPS) is 17.2. The molecular formula is C91H150B3Cl4F2NO13Si2. The molecule has 3 aliphatic rings. The molecule has 4 aromatic rings. The van der Waals surface area contributed by atoms with E-state index >= 15 is 0 Å². The summed E-state index contributed by atoms with van der Waals surface area (Å²) in [5, 5.41) is 9.17. The number of ketones is 3. The smallest absolute Gasteiger partial charge is 0.492 e. The summed E-state index contributed by atoms with van der Waals surface area (Å²) in [4.78, 5) is 49.1. The van der Waals surface area contributed by atoms with Crippen molar-refractivity contribution in [3.63, 3.8) is 0 Å². The van der Waals surface area contributed by atoms with E-state index in [4.69, 9.17) is 94.6 Å². The number of hydrogen-bond acceptors (Lipinski definition) is 13. The molecule has 0 aromatic heterocycles. The fourth-order valence-electron chi connectivity index (χ4n) is 14.7. The number of para-hydroxylation sites is 1. The first-order chi connectivity index (χ1) is 51.6. The molecule has 0 unspecified atom stereocenters. The Kier molecular flexibility index (Phi) is 38.1. The number of carbonyl (C=O) groups is 4. The van der Waals surface area contributed by atoms with E-state index in [1.165, 1.54) is 24.3 Å². The lowest BCUT2D eigenvalue weighted by molar-refractivity contribution is 0.00578. The van der Waals surface area contributed by atoms with Crippen LogP contribution in [0, 0.1) is 49.5 Å². The zero-order valence-electron chi connectivity index (χ0n) is 78.6. The second kappa shape index (κ2) is 40.8. The Balaban J connectivity index is 0.000000496. The molecule has 0 spiro atoms. The first kappa shape index (κ1) is 108. The fourth-order valence-corrected chi connectivity index (χ4v) is 17.0. The van der Waals surface area contributed by atoms with Crippen molar-refractivity contribution in [2.24, 2.45) is 43.6 Å². The summed E-state index contributed by atoms with van der Waals surface area (Å²) < 4.78 is 75.0. The number of hydrogen-bond donors (Lipinski definition) is 2. The van der Waals surface area contributed by atoms with Crippen LogP contribution in [0.4, 0.5) is 8.78 Å². The fraction of sp³-hybridized carbons (Fsp3) is 0.692. The van der Waals surface area contributed by atoms with Gasteiger partial charge in [-0.3, -0.25) is 14.4 Å². The summed E-state index contributed by atoms with van der Waals surface area (Å²) in [6, 6.07) is 19.6. The van der Waals surface area contributed by atoms with Crippen molar-refractivity contribution in [2.75, 3.05) is 13.2 Å². The van der Waals surface area contributed by atoms with Gasteiger partial charge in [0.05, 0.1) is 89.2 Å². The molecule has 0 aliphatic carbocycles. The molecular weight excluding hydrogens is 1580 g/mol. The second-order valence-corrected chi connectivity index (χ2v) is 58.3. The molecule has 0 bridgehead atoms. The average Bonchev–Trinajstić information content (AvgIpc) is 1.59. The van der Waals surface area contributed by atoms with Gasteiger partial charge < -0.3 is 48.2 Å². The van der Waals surface area contributed by atoms with Crippen LogP contribution in [0.1, 0.15) is 308 Å². The maximum Gasteiger partial charge on any atom is 0.494 e. The number of Topliss-reactive ketones (excluding diaryl/α,β-unsaturated/α-hetero) is 3. The van der Waals surface area contributed by atoms with Crippen molar-refractivity contribution in [3.8, 4) is 11.5 Å². The molecule has 3 N–H and O–H groups in total. The molecule has 0 amide bonds. The van der Waals surface area contributed by atoms with Crippen molar-refractivity contribution in [1.29, 1.82) is 0 Å². The number of carboxylic acids is 1. The zero-order valence-corrected chi connectivity index (χ0v) is 83.6. The Morgan fingerprint density at radius 2 is 0.681 bits per heavy atom. The van der Waals surface area contributed by atoms with Gasteiger partial charge in [-0.05, 0) is 227 Å². The van der Waals surface area contributed by atoms with Crippen LogP contribution in [-0.2, 0) is 27.9 Å². The van der Waals surface area contributed by atoms with Crippen LogP contribution >= 0.6 is 46.4 Å². The number of nitrogens with two attached hydrogens (primary N) is 1. The van der Waals surface area contributed by atoms with E-state index in [0.717, 1.165) is 49.3 Å². The van der Waals surface area contributed by atoms with Crippen LogP contribution < -0.4 is 20.7 Å². The SMILES string of the molecule is CC(C)(C)CC(C)(C)CC(=O)c1cc(B2OC(C)(C)C(C)(C)O2)cc(Cl)c1OCC[Si](C)(C)C.CC(C)(C)CC(C)(C)CC(=O)c1cccc(Cl)c1F.CC(C)(C)CC(C)(C)CC(=O)c1cccc(Cl)c1OCC[Si](C)(C)C.CC(C)(C)CC(C)(C)N.CC1(C)OB(B2OC(C)(C)C(C)(C)O2)OC1(C)C.O=C(O)c1cccc(Cl)c1F. The van der Waals surface area contributed by atoms with Crippen LogP contribution in [0.25, 0.3) is 0 Å². The lowest BCUT2D eigenvalue weighted by Crippen LogP contribution is -2.41. The Labute approximate surface area is 724 Å². The maximum absolute atomic E-state index is 13.8. The number of carboxylic acid groups (broad SMARTS) is 1. The molecule has 3 fully saturated rings. The van der Waals surface area contributed by atoms with Crippen molar-refractivity contribution in [2.45, 2.75) is 357 Å². The van der Waals surface area contributed by atoms with Crippen LogP contribution in [0.15, 0.2) is 66.7 Å². The van der Waals surface area contributed by atoms with Gasteiger partial charge in [0, 0.05) is 40.9 Å². The van der Waals surface area contributed by atoms with Crippen molar-refractivity contribution in [1.82, 2.24) is 0 Å². The zero-order chi connectivity index (χ0) is 90.8. The summed E-state index contributed by atoms with van der Waals surface area (Å²) in [5.41, 5.74) is 5.42. The molecule has 0 radical (unpaired) electrons. The Hall–Kier alpha value is -3.67. The third-order valence-corrected chi connectivity index (χ3v) is 25.1. The molecule has 3 heterocycles. The molecule has 3 saturated heterocycles. The van der Waals surface area contributed by atoms with E-state index in [0.29, 0.717) is 70.6 Å². The van der Waals surface area contributed by atoms with Crippen molar-refractivity contribution in [3.05, 3.63) is 121 Å². The largest absolute Gasteiger partial charge is 0.494 e. The summed E-state index contributed by atoms with van der Waals surface area (Å²) in [6.07, 6.45) is 5.11. The monoisotopic (exact) mass is 1730 g/mol. The molecule has 4 aromatic carbocycles. The predicted molar refractivity (Wildman–Crippen MR) is 491 cm³/mol. The summed E-state index contributed by atoms with van der Waals surface area (Å²) in [7, 11) is -4.03. The van der Waals surface area contributed by atoms with Gasteiger partial charge >= 0.3 is 27.1 Å². The lowest BCUT2D eigenvalue weighted by Gasteiger charge is -2.32. The minimum atomic E-state index is -1.31. The third kappa shape index (κ3) is 37.2. The lowest BCUT2D eigenvalue weighted by atomic mass is 9.49. The van der Waals surface area contributed by atoms with Crippen LogP contribution in [0.5, 0.6) is 11.5 Å². The van der Waals surface area contributed by atoms with Crippen molar-refractivity contribution < 1.29 is 70.5 Å². The highest BCUT2D eigenvalue weighted by molar-refractivity contribution is 7.11. The number of aromatic carboxylic acids is 1. The Bertz CT molecular complexity index is 3840. The Morgan fingerprint density at radius 1 is 0.405 bits per heavy atom. The van der Waals surface area contributed by atoms with Gasteiger partial charge in [-0.25, -0.2) is 13.6 Å². The molecule has 3 aliphatic heterocycles. The van der Waals surface area contributed by atoms with Gasteiger partial charge in [-0.1, -0.05) is 229 Å². The van der Waals surface area contributed by atoms with Crippen LogP contribution in [-0.4, -0.2) is 118 Å². The molecule has 116 heavy (non-hydrogen) atoms. The maximum atomic E-state index is 13.8. The molecule has 0 atom stereocenters. The van der Waals surface area contributed by atoms with Crippen LogP contribution in [0.3, 0.4) is 0 Å². The standard InChI is InChI=1S/C27H46BClO4Si.C21H35ClO2Si.C16H22ClFO.C12H24B2O4.C8H19N.C7H4ClFO2/c1-24(2,3)18-25(4,5)17-22(30)20-15-19(28-32-26(6,7)27(8,9)33-28)16-21(29)23(20)31-13-14-34(10,11)12;1-20(2,3)15-21(4,5)14-18(23)16-10-9-11-17(22)19(16)24-12-13-25(6,7)8;1-15(2,3)10-16(4,5)9-13(19)11-7-6-8-12(17)14(11)18;1-9(2)10(3,4)16-13(15-9)14-17-11(5,6)12(7,8)18-14;1-7(2,3)6-8(4,5)9;8-5-3-1-2-4(6(5)9)7(10)11/h15-16H,13-14,17-18H2,1-12H3;9-11H,12-15H2,1-8H3;6-8H,9-10H2,1-5H3;1-8H3;6,9H2,1-5H3;1-3H,(H,10,11). The highest BCUT2D eigenvalue weighted by Crippen LogP contribution is 2.46. The predicted octanol–water partition coefficient (Wildman–Crippen LogP) is 26.6. The number of rotatable bonds is 24. The second-order valence-electron chi connectivity index (χ2n) is 45.4. The number of carbonyl (C=O) groups excluding carboxylic acids is 3. The summed E-state index contributed by atoms with van der Waals surface area (Å²) >= 11 is 24.1. The third-order valence-electron chi connectivity index (χ3n) is 20.5. The van der Waals surface area contributed by atoms with E-state index in [1.807, 2.05) is 121 Å². The minimum absolute atomic E-state index is 0.000484. The van der Waals surface area contributed by atoms with Gasteiger partial charge in [-0.2, -0.15) is 0 Å². The molecule has 14 nitrogen and oxygen atoms in total. The summed E-state index contributed by atoms with van der Waals surface area (Å²) in [6.45, 7) is 82.4. The van der Waals surface area contributed by atoms with E-state index in [1.54, 1.807) is 12.1 Å². The highest BCUT2D eigenvalue weighted by Gasteiger charge is 2.64. The van der Waals surface area contributed by atoms with E-state index in [2.05, 4.69) is 164 Å². The van der Waals surface area contributed by atoms with E-state index in [-0.39, 0.29) is 93.4 Å². The average molecular weight is 1730 g/mol. The topological polar surface area (TPSA) is 188 Å². The highest BCUT2D eigenvalue weighted by atomic mass is 35.5. The van der Waals surface area contributed by atoms with E-state index < -0.39 is 71.7 Å². The summed E-state index contributed by atoms with van der Waals surface area (Å²) in [5.74, 6) is -1.81. The van der Waals surface area contributed by atoms with E-state index in [9.17, 15) is 28.0 Å². The van der Waals surface area contributed by atoms with Gasteiger partial charge in [-0.15, -0.1) is 0 Å². The van der Waals surface area contributed by atoms with Gasteiger partial charge in [0.25, 0.3) is 0 Å². The Morgan fingerprint density at radius 3 is 0.974 bits per heavy atom.